The molecule has 2 rings (SSSR count). The number of ether oxygens (including phenoxy) is 3. The summed E-state index contributed by atoms with van der Waals surface area (Å²) in [5, 5.41) is 0. The molecule has 1 aromatic carbocycles. The summed E-state index contributed by atoms with van der Waals surface area (Å²) in [6.45, 7) is 2.03. The molecule has 0 N–H and O–H groups in total. The van der Waals surface area contributed by atoms with Crippen LogP contribution in [-0.2, 0) is 14.3 Å². The van der Waals surface area contributed by atoms with Crippen LogP contribution >= 0.6 is 0 Å². The number of methoxy groups -OCH3 is 2. The van der Waals surface area contributed by atoms with E-state index in [0.717, 1.165) is 33.3 Å². The minimum Gasteiger partial charge on any atom is -0.493 e. The fraction of sp³-hybridized carbons (Fsp3) is 0.562. The lowest BCUT2D eigenvalue weighted by Gasteiger charge is -2.31. The highest BCUT2D eigenvalue weighted by atomic mass is 19.4. The number of carbonyl (C=O) groups excluding carboxylic acids is 1. The molecule has 4 atom stereocenters. The van der Waals surface area contributed by atoms with Crippen molar-refractivity contribution >= 4 is 5.97 Å². The summed E-state index contributed by atoms with van der Waals surface area (Å²) < 4.78 is 82.4. The molecule has 0 amide bonds. The fourth-order valence-corrected chi connectivity index (χ4v) is 3.13. The van der Waals surface area contributed by atoms with Gasteiger partial charge in [0.15, 0.2) is 23.3 Å². The van der Waals surface area contributed by atoms with Crippen LogP contribution in [0, 0.1) is 17.6 Å². The predicted octanol–water partition coefficient (Wildman–Crippen LogP) is 3.59. The number of halogens is 5. The average molecular weight is 368 g/mol. The molecule has 140 valence electrons. The molecule has 0 spiro atoms. The van der Waals surface area contributed by atoms with Gasteiger partial charge in [0.05, 0.1) is 14.2 Å². The zero-order valence-corrected chi connectivity index (χ0v) is 13.9. The number of alkyl halides is 3. The van der Waals surface area contributed by atoms with E-state index in [1.165, 1.54) is 6.92 Å². The van der Waals surface area contributed by atoms with Crippen LogP contribution in [0.5, 0.6) is 5.75 Å². The molecule has 4 unspecified atom stereocenters. The Morgan fingerprint density at radius 2 is 1.84 bits per heavy atom. The maximum Gasteiger partial charge on any atom is 0.417 e. The van der Waals surface area contributed by atoms with Crippen LogP contribution in [0.2, 0.25) is 0 Å². The Balaban J connectivity index is 2.65. The smallest absolute Gasteiger partial charge is 0.417 e. The van der Waals surface area contributed by atoms with Crippen molar-refractivity contribution in [2.75, 3.05) is 14.2 Å². The van der Waals surface area contributed by atoms with E-state index in [1.807, 2.05) is 0 Å². The average Bonchev–Trinajstić information content (AvgIpc) is 2.82. The van der Waals surface area contributed by atoms with Crippen molar-refractivity contribution < 1.29 is 41.0 Å². The van der Waals surface area contributed by atoms with Gasteiger partial charge in [-0.15, -0.1) is 0 Å². The molecule has 1 heterocycles. The SMILES string of the molecule is COC(=O)C1OC(C)(C(F)(F)F)C(C)C1c1ccc(F)c(F)c1OC. The van der Waals surface area contributed by atoms with E-state index in [1.54, 1.807) is 0 Å². The Labute approximate surface area is 140 Å². The first-order chi connectivity index (χ1) is 11.5. The van der Waals surface area contributed by atoms with Gasteiger partial charge in [-0.1, -0.05) is 13.0 Å². The van der Waals surface area contributed by atoms with Crippen molar-refractivity contribution in [3.63, 3.8) is 0 Å². The highest BCUT2D eigenvalue weighted by molar-refractivity contribution is 5.77. The summed E-state index contributed by atoms with van der Waals surface area (Å²) in [6.07, 6.45) is -6.44. The van der Waals surface area contributed by atoms with Crippen molar-refractivity contribution in [1.82, 2.24) is 0 Å². The zero-order valence-electron chi connectivity index (χ0n) is 13.9. The molecule has 1 fully saturated rings. The predicted molar refractivity (Wildman–Crippen MR) is 76.2 cm³/mol. The molecule has 25 heavy (non-hydrogen) atoms. The number of esters is 1. The number of benzene rings is 1. The molecule has 0 bridgehead atoms. The molecule has 1 aliphatic rings. The van der Waals surface area contributed by atoms with E-state index >= 15 is 0 Å². The van der Waals surface area contributed by atoms with Gasteiger partial charge in [0, 0.05) is 17.4 Å². The largest absolute Gasteiger partial charge is 0.493 e. The summed E-state index contributed by atoms with van der Waals surface area (Å²) in [7, 11) is 2.05. The molecule has 4 nitrogen and oxygen atoms in total. The molecule has 0 aliphatic carbocycles. The van der Waals surface area contributed by atoms with Crippen LogP contribution < -0.4 is 4.74 Å². The van der Waals surface area contributed by atoms with Crippen LogP contribution in [0.15, 0.2) is 12.1 Å². The molecule has 1 aliphatic heterocycles. The molecule has 9 heteroatoms. The first-order valence-corrected chi connectivity index (χ1v) is 7.33. The summed E-state index contributed by atoms with van der Waals surface area (Å²) in [5.41, 5.74) is -2.77. The number of rotatable bonds is 3. The molecular formula is C16H17F5O4. The Morgan fingerprint density at radius 1 is 1.24 bits per heavy atom. The van der Waals surface area contributed by atoms with Crippen molar-refractivity contribution in [3.05, 3.63) is 29.3 Å². The second kappa shape index (κ2) is 6.44. The van der Waals surface area contributed by atoms with Crippen molar-refractivity contribution in [3.8, 4) is 5.75 Å². The van der Waals surface area contributed by atoms with Gasteiger partial charge in [-0.05, 0) is 13.0 Å². The third-order valence-electron chi connectivity index (χ3n) is 4.75. The summed E-state index contributed by atoms with van der Waals surface area (Å²) in [4.78, 5) is 12.0. The maximum absolute atomic E-state index is 14.0. The maximum atomic E-state index is 14.0. The van der Waals surface area contributed by atoms with Crippen molar-refractivity contribution in [1.29, 1.82) is 0 Å². The molecule has 0 saturated carbocycles. The normalized spacial score (nSPS) is 29.6. The van der Waals surface area contributed by atoms with Crippen LogP contribution in [-0.4, -0.2) is 38.1 Å². The molecule has 1 saturated heterocycles. The molecule has 0 radical (unpaired) electrons. The van der Waals surface area contributed by atoms with E-state index in [9.17, 15) is 26.7 Å². The highest BCUT2D eigenvalue weighted by Crippen LogP contribution is 2.54. The topological polar surface area (TPSA) is 44.8 Å². The lowest BCUT2D eigenvalue weighted by Crippen LogP contribution is -2.47. The Hall–Kier alpha value is -1.90. The second-order valence-corrected chi connectivity index (χ2v) is 5.96. The van der Waals surface area contributed by atoms with Gasteiger partial charge in [0.25, 0.3) is 0 Å². The second-order valence-electron chi connectivity index (χ2n) is 5.96. The monoisotopic (exact) mass is 368 g/mol. The van der Waals surface area contributed by atoms with Gasteiger partial charge in [0.1, 0.15) is 0 Å². The lowest BCUT2D eigenvalue weighted by atomic mass is 9.77. The van der Waals surface area contributed by atoms with E-state index < -0.39 is 53.1 Å². The van der Waals surface area contributed by atoms with E-state index in [2.05, 4.69) is 4.74 Å². The molecule has 0 aromatic heterocycles. The van der Waals surface area contributed by atoms with Gasteiger partial charge < -0.3 is 14.2 Å². The van der Waals surface area contributed by atoms with Crippen molar-refractivity contribution in [2.24, 2.45) is 5.92 Å². The standard InChI is InChI=1S/C16H17F5O4/c1-7-10(8-5-6-9(17)11(18)12(8)23-3)13(14(22)24-4)25-15(7,2)16(19,20)21/h5-7,10,13H,1-4H3. The van der Waals surface area contributed by atoms with Crippen LogP contribution in [0.4, 0.5) is 22.0 Å². The fourth-order valence-electron chi connectivity index (χ4n) is 3.13. The Kier molecular flexibility index (Phi) is 5.00. The lowest BCUT2D eigenvalue weighted by molar-refractivity contribution is -0.274. The van der Waals surface area contributed by atoms with Gasteiger partial charge in [-0.3, -0.25) is 0 Å². The van der Waals surface area contributed by atoms with Crippen molar-refractivity contribution in [2.45, 2.75) is 37.6 Å². The Bertz CT molecular complexity index is 675. The Morgan fingerprint density at radius 3 is 2.32 bits per heavy atom. The van der Waals surface area contributed by atoms with E-state index in [0.29, 0.717) is 0 Å². The van der Waals surface area contributed by atoms with Crippen LogP contribution in [0.25, 0.3) is 0 Å². The quantitative estimate of drug-likeness (QED) is 0.604. The summed E-state index contributed by atoms with van der Waals surface area (Å²) in [5.74, 6) is -6.73. The number of carbonyl (C=O) groups is 1. The third kappa shape index (κ3) is 2.94. The van der Waals surface area contributed by atoms with Crippen LogP contribution in [0.1, 0.15) is 25.3 Å². The summed E-state index contributed by atoms with van der Waals surface area (Å²) in [6, 6.07) is 1.84. The zero-order chi connectivity index (χ0) is 19.2. The van der Waals surface area contributed by atoms with Crippen LogP contribution in [0.3, 0.4) is 0 Å². The number of hydrogen-bond donors (Lipinski definition) is 0. The summed E-state index contributed by atoms with van der Waals surface area (Å²) >= 11 is 0. The third-order valence-corrected chi connectivity index (χ3v) is 4.75. The van der Waals surface area contributed by atoms with Gasteiger partial charge in [0.2, 0.25) is 5.82 Å². The minimum absolute atomic E-state index is 0.0997. The minimum atomic E-state index is -4.79. The molecular weight excluding hydrogens is 351 g/mol. The van der Waals surface area contributed by atoms with E-state index in [-0.39, 0.29) is 5.56 Å². The molecule has 1 aromatic rings. The van der Waals surface area contributed by atoms with Gasteiger partial charge >= 0.3 is 12.1 Å². The number of hydrogen-bond acceptors (Lipinski definition) is 4. The van der Waals surface area contributed by atoms with Gasteiger partial charge in [-0.25, -0.2) is 9.18 Å². The van der Waals surface area contributed by atoms with E-state index in [4.69, 9.17) is 9.47 Å². The highest BCUT2D eigenvalue weighted by Gasteiger charge is 2.66. The first-order valence-electron chi connectivity index (χ1n) is 7.33. The first kappa shape index (κ1) is 19.4. The van der Waals surface area contributed by atoms with Gasteiger partial charge in [-0.2, -0.15) is 17.6 Å².